The fraction of sp³-hybridized carbons (Fsp3) is 0.500. The maximum absolute atomic E-state index is 10.8. The van der Waals surface area contributed by atoms with Crippen molar-refractivity contribution in [2.24, 2.45) is 0 Å². The van der Waals surface area contributed by atoms with Gasteiger partial charge in [-0.2, -0.15) is 0 Å². The Bertz CT molecular complexity index is 977. The van der Waals surface area contributed by atoms with Crippen LogP contribution in [0.5, 0.6) is 5.88 Å². The Balaban J connectivity index is 1.51. The van der Waals surface area contributed by atoms with Gasteiger partial charge in [-0.15, -0.1) is 11.3 Å². The van der Waals surface area contributed by atoms with Gasteiger partial charge in [-0.05, 0) is 39.0 Å². The summed E-state index contributed by atoms with van der Waals surface area (Å²) < 4.78 is 13.3. The number of aromatic nitrogens is 2. The lowest BCUT2D eigenvalue weighted by atomic mass is 10.1. The van der Waals surface area contributed by atoms with Crippen LogP contribution in [0.1, 0.15) is 36.1 Å². The molecule has 6 nitrogen and oxygen atoms in total. The van der Waals surface area contributed by atoms with Crippen LogP contribution in [0, 0.1) is 6.92 Å². The molecule has 0 saturated carbocycles. The molecule has 1 atom stereocenters. The van der Waals surface area contributed by atoms with E-state index in [1.165, 1.54) is 15.9 Å². The highest BCUT2D eigenvalue weighted by Gasteiger charge is 2.27. The Morgan fingerprint density at radius 3 is 2.83 bits per heavy atom. The molecule has 156 valence electrons. The van der Waals surface area contributed by atoms with Gasteiger partial charge in [0.25, 0.3) is 0 Å². The molecule has 1 N–H and O–H groups in total. The summed E-state index contributed by atoms with van der Waals surface area (Å²) in [6, 6.07) is 7.94. The lowest BCUT2D eigenvalue weighted by molar-refractivity contribution is -0.0864. The predicted octanol–water partition coefficient (Wildman–Crippen LogP) is 3.61. The van der Waals surface area contributed by atoms with Gasteiger partial charge >= 0.3 is 0 Å². The van der Waals surface area contributed by atoms with Gasteiger partial charge in [0, 0.05) is 60.0 Å². The van der Waals surface area contributed by atoms with Gasteiger partial charge in [0.1, 0.15) is 10.9 Å². The summed E-state index contributed by atoms with van der Waals surface area (Å²) in [5.74, 6) is 0.547. The first-order valence-electron chi connectivity index (χ1n) is 10.0. The number of pyridine rings is 1. The van der Waals surface area contributed by atoms with E-state index in [9.17, 15) is 5.11 Å². The van der Waals surface area contributed by atoms with Crippen molar-refractivity contribution >= 4 is 21.6 Å². The van der Waals surface area contributed by atoms with Crippen molar-refractivity contribution in [3.05, 3.63) is 46.6 Å². The molecule has 3 aromatic rings. The van der Waals surface area contributed by atoms with E-state index in [0.717, 1.165) is 43.2 Å². The smallest absolute Gasteiger partial charge is 0.212 e. The summed E-state index contributed by atoms with van der Waals surface area (Å²) in [4.78, 5) is 8.83. The van der Waals surface area contributed by atoms with E-state index in [2.05, 4.69) is 47.4 Å². The van der Waals surface area contributed by atoms with E-state index < -0.39 is 6.10 Å². The largest absolute Gasteiger partial charge is 0.481 e. The highest BCUT2D eigenvalue weighted by Crippen LogP contribution is 2.35. The third-order valence-corrected chi connectivity index (χ3v) is 6.72. The third-order valence-electron chi connectivity index (χ3n) is 5.49. The van der Waals surface area contributed by atoms with Gasteiger partial charge in [0.15, 0.2) is 0 Å². The van der Waals surface area contributed by atoms with Crippen molar-refractivity contribution in [1.82, 2.24) is 14.5 Å². The molecule has 3 aromatic heterocycles. The second-order valence-corrected chi connectivity index (χ2v) is 9.33. The maximum Gasteiger partial charge on any atom is 0.212 e. The minimum atomic E-state index is -0.681. The minimum absolute atomic E-state index is 0.0775. The monoisotopic (exact) mass is 415 g/mol. The number of fused-ring (bicyclic) bond motifs is 1. The van der Waals surface area contributed by atoms with Crippen LogP contribution >= 0.6 is 11.3 Å². The van der Waals surface area contributed by atoms with Crippen LogP contribution in [0.15, 0.2) is 30.5 Å². The Labute approximate surface area is 175 Å². The number of aryl methyl sites for hydroxylation is 1. The van der Waals surface area contributed by atoms with Crippen LogP contribution in [-0.4, -0.2) is 58.5 Å². The normalized spacial score (nSPS) is 18.2. The number of thiophene rings is 1. The molecular formula is C22H29N3O3S. The number of methoxy groups -OCH3 is 1. The fourth-order valence-corrected chi connectivity index (χ4v) is 5.23. The lowest BCUT2D eigenvalue weighted by Crippen LogP contribution is -2.49. The first-order chi connectivity index (χ1) is 13.9. The summed E-state index contributed by atoms with van der Waals surface area (Å²) >= 11 is 1.65. The first-order valence-corrected chi connectivity index (χ1v) is 10.8. The number of ether oxygens (including phenoxy) is 2. The number of morpholine rings is 1. The van der Waals surface area contributed by atoms with Crippen LogP contribution in [0.2, 0.25) is 0 Å². The number of rotatable bonds is 6. The van der Waals surface area contributed by atoms with Crippen molar-refractivity contribution in [1.29, 1.82) is 0 Å². The summed E-state index contributed by atoms with van der Waals surface area (Å²) in [7, 11) is 1.59. The Morgan fingerprint density at radius 1 is 1.31 bits per heavy atom. The molecular weight excluding hydrogens is 386 g/mol. The van der Waals surface area contributed by atoms with E-state index in [4.69, 9.17) is 9.47 Å². The molecule has 4 rings (SSSR count). The van der Waals surface area contributed by atoms with Crippen LogP contribution < -0.4 is 4.74 Å². The van der Waals surface area contributed by atoms with Crippen molar-refractivity contribution < 1.29 is 14.6 Å². The van der Waals surface area contributed by atoms with Crippen LogP contribution in [0.4, 0.5) is 0 Å². The average molecular weight is 416 g/mol. The molecule has 0 amide bonds. The topological polar surface area (TPSA) is 59.8 Å². The molecule has 1 aliphatic heterocycles. The zero-order valence-electron chi connectivity index (χ0n) is 17.5. The highest BCUT2D eigenvalue weighted by atomic mass is 32.1. The zero-order valence-corrected chi connectivity index (χ0v) is 18.3. The SMILES string of the molecule is COc1ccc(C(O)c2cc3cc(C)n(CCN4CCOC(C)(C)C4)c3s2)cn1. The maximum atomic E-state index is 10.8. The molecule has 1 aliphatic rings. The van der Waals surface area contributed by atoms with Crippen molar-refractivity contribution in [3.8, 4) is 5.88 Å². The molecule has 4 heterocycles. The Hall–Kier alpha value is -1.93. The van der Waals surface area contributed by atoms with Gasteiger partial charge in [-0.25, -0.2) is 4.98 Å². The lowest BCUT2D eigenvalue weighted by Gasteiger charge is -2.38. The van der Waals surface area contributed by atoms with Gasteiger partial charge < -0.3 is 19.1 Å². The second-order valence-electron chi connectivity index (χ2n) is 8.27. The van der Waals surface area contributed by atoms with Crippen molar-refractivity contribution in [2.45, 2.75) is 39.0 Å². The first kappa shape index (κ1) is 20.3. The van der Waals surface area contributed by atoms with E-state index in [0.29, 0.717) is 5.88 Å². The van der Waals surface area contributed by atoms with Crippen molar-refractivity contribution in [3.63, 3.8) is 0 Å². The average Bonchev–Trinajstić information content (AvgIpc) is 3.22. The summed E-state index contributed by atoms with van der Waals surface area (Å²) in [6.07, 6.45) is 0.993. The van der Waals surface area contributed by atoms with Gasteiger partial charge in [0.05, 0.1) is 19.3 Å². The number of nitrogens with zero attached hydrogens (tertiary/aromatic N) is 3. The molecule has 0 spiro atoms. The molecule has 0 radical (unpaired) electrons. The summed E-state index contributed by atoms with van der Waals surface area (Å²) in [5, 5.41) is 12.0. The highest BCUT2D eigenvalue weighted by molar-refractivity contribution is 7.18. The van der Waals surface area contributed by atoms with Crippen LogP contribution in [-0.2, 0) is 11.3 Å². The van der Waals surface area contributed by atoms with Gasteiger partial charge in [-0.1, -0.05) is 0 Å². The quantitative estimate of drug-likeness (QED) is 0.667. The van der Waals surface area contributed by atoms with Gasteiger partial charge in [0.2, 0.25) is 5.88 Å². The molecule has 29 heavy (non-hydrogen) atoms. The van der Waals surface area contributed by atoms with Crippen LogP contribution in [0.25, 0.3) is 10.2 Å². The number of aliphatic hydroxyl groups excluding tert-OH is 1. The van der Waals surface area contributed by atoms with Gasteiger partial charge in [-0.3, -0.25) is 4.90 Å². The molecule has 0 aliphatic carbocycles. The second kappa shape index (κ2) is 8.07. The number of aliphatic hydroxyl groups is 1. The summed E-state index contributed by atoms with van der Waals surface area (Å²) in [6.45, 7) is 11.1. The Kier molecular flexibility index (Phi) is 5.66. The van der Waals surface area contributed by atoms with Crippen LogP contribution in [0.3, 0.4) is 0 Å². The summed E-state index contributed by atoms with van der Waals surface area (Å²) in [5.41, 5.74) is 1.95. The minimum Gasteiger partial charge on any atom is -0.481 e. The molecule has 0 bridgehead atoms. The predicted molar refractivity (Wildman–Crippen MR) is 116 cm³/mol. The van der Waals surface area contributed by atoms with E-state index in [-0.39, 0.29) is 5.60 Å². The number of hydrogen-bond donors (Lipinski definition) is 1. The van der Waals surface area contributed by atoms with Crippen molar-refractivity contribution in [2.75, 3.05) is 33.4 Å². The molecule has 1 saturated heterocycles. The third kappa shape index (κ3) is 4.33. The molecule has 1 fully saturated rings. The van der Waals surface area contributed by atoms with E-state index in [1.807, 2.05) is 6.07 Å². The molecule has 0 aromatic carbocycles. The van der Waals surface area contributed by atoms with E-state index in [1.54, 1.807) is 30.7 Å². The molecule has 7 heteroatoms. The Morgan fingerprint density at radius 2 is 2.14 bits per heavy atom. The fourth-order valence-electron chi connectivity index (χ4n) is 3.99. The zero-order chi connectivity index (χ0) is 20.6. The molecule has 1 unspecified atom stereocenters. The standard InChI is InChI=1S/C22H29N3O3S/c1-15-11-17-12-18(20(26)16-5-6-19(27-4)23-13-16)29-21(17)25(15)8-7-24-9-10-28-22(2,3)14-24/h5-6,11-13,20,26H,7-10,14H2,1-4H3. The number of hydrogen-bond acceptors (Lipinski definition) is 6. The van der Waals surface area contributed by atoms with E-state index >= 15 is 0 Å².